The summed E-state index contributed by atoms with van der Waals surface area (Å²) >= 11 is 1.42. The molecule has 1 aromatic heterocycles. The number of aromatic nitrogens is 1. The van der Waals surface area contributed by atoms with Gasteiger partial charge in [0.15, 0.2) is 5.13 Å². The maximum absolute atomic E-state index is 12.2. The van der Waals surface area contributed by atoms with E-state index in [1.165, 1.54) is 16.9 Å². The van der Waals surface area contributed by atoms with Crippen LogP contribution in [0.4, 0.5) is 5.13 Å². The van der Waals surface area contributed by atoms with Gasteiger partial charge in [0, 0.05) is 11.4 Å². The predicted octanol–water partition coefficient (Wildman–Crippen LogP) is 2.44. The lowest BCUT2D eigenvalue weighted by molar-refractivity contribution is -0.118. The van der Waals surface area contributed by atoms with E-state index in [-0.39, 0.29) is 17.9 Å². The van der Waals surface area contributed by atoms with Crippen molar-refractivity contribution in [3.8, 4) is 0 Å². The molecule has 19 heavy (non-hydrogen) atoms. The minimum Gasteiger partial charge on any atom is -0.323 e. The van der Waals surface area contributed by atoms with Crippen molar-refractivity contribution in [2.45, 2.75) is 25.3 Å². The normalized spacial score (nSPS) is 18.3. The molecular weight excluding hydrogens is 258 g/mol. The Morgan fingerprint density at radius 2 is 2.32 bits per heavy atom. The van der Waals surface area contributed by atoms with E-state index in [9.17, 15) is 4.79 Å². The molecule has 4 nitrogen and oxygen atoms in total. The number of thiazole rings is 1. The first-order chi connectivity index (χ1) is 9.15. The largest absolute Gasteiger partial charge is 0.323 e. The van der Waals surface area contributed by atoms with Crippen LogP contribution >= 0.6 is 11.3 Å². The molecule has 0 saturated heterocycles. The molecule has 3 N–H and O–H groups in total. The van der Waals surface area contributed by atoms with Crippen LogP contribution in [-0.2, 0) is 11.2 Å². The molecule has 0 radical (unpaired) electrons. The van der Waals surface area contributed by atoms with E-state index in [0.29, 0.717) is 5.13 Å². The lowest BCUT2D eigenvalue weighted by Crippen LogP contribution is -2.30. The van der Waals surface area contributed by atoms with Crippen LogP contribution in [-0.4, -0.2) is 10.9 Å². The highest BCUT2D eigenvalue weighted by Gasteiger charge is 2.32. The number of carbonyl (C=O) groups excluding carboxylic acids is 1. The molecule has 2 atom stereocenters. The van der Waals surface area contributed by atoms with Gasteiger partial charge in [0.25, 0.3) is 0 Å². The van der Waals surface area contributed by atoms with Crippen molar-refractivity contribution in [2.24, 2.45) is 5.73 Å². The number of nitrogens with zero attached hydrogens (tertiary/aromatic N) is 1. The van der Waals surface area contributed by atoms with E-state index in [2.05, 4.69) is 16.4 Å². The molecule has 1 heterocycles. The SMILES string of the molecule is CC(N)c1csc(NC(=O)C2Cc3ccccc32)n1. The summed E-state index contributed by atoms with van der Waals surface area (Å²) < 4.78 is 0. The Labute approximate surface area is 115 Å². The van der Waals surface area contributed by atoms with Gasteiger partial charge in [-0.15, -0.1) is 11.3 Å². The van der Waals surface area contributed by atoms with Gasteiger partial charge >= 0.3 is 0 Å². The molecule has 1 aliphatic rings. The molecule has 3 rings (SSSR count). The molecule has 2 unspecified atom stereocenters. The number of carbonyl (C=O) groups is 1. The predicted molar refractivity (Wildman–Crippen MR) is 76.2 cm³/mol. The Balaban J connectivity index is 1.70. The molecule has 0 spiro atoms. The summed E-state index contributed by atoms with van der Waals surface area (Å²) in [6.07, 6.45) is 0.813. The molecule has 1 aromatic carbocycles. The van der Waals surface area contributed by atoms with Gasteiger partial charge in [-0.25, -0.2) is 4.98 Å². The standard InChI is InChI=1S/C14H15N3OS/c1-8(15)12-7-19-14(16-12)17-13(18)11-6-9-4-2-3-5-10(9)11/h2-5,7-8,11H,6,15H2,1H3,(H,16,17,18). The first-order valence-corrected chi connectivity index (χ1v) is 7.13. The van der Waals surface area contributed by atoms with E-state index < -0.39 is 0 Å². The maximum Gasteiger partial charge on any atom is 0.234 e. The van der Waals surface area contributed by atoms with Crippen molar-refractivity contribution in [1.82, 2.24) is 4.98 Å². The lowest BCUT2D eigenvalue weighted by atomic mass is 9.77. The summed E-state index contributed by atoms with van der Waals surface area (Å²) in [6, 6.07) is 7.94. The molecule has 0 fully saturated rings. The zero-order valence-corrected chi connectivity index (χ0v) is 11.4. The highest BCUT2D eigenvalue weighted by Crippen LogP contribution is 2.35. The van der Waals surface area contributed by atoms with E-state index >= 15 is 0 Å². The molecule has 0 saturated carbocycles. The van der Waals surface area contributed by atoms with Crippen LogP contribution < -0.4 is 11.1 Å². The monoisotopic (exact) mass is 273 g/mol. The Morgan fingerprint density at radius 3 is 3.00 bits per heavy atom. The summed E-state index contributed by atoms with van der Waals surface area (Å²) in [4.78, 5) is 16.5. The number of nitrogens with two attached hydrogens (primary N) is 1. The number of anilines is 1. The minimum atomic E-state index is -0.105. The van der Waals surface area contributed by atoms with Gasteiger partial charge < -0.3 is 11.1 Å². The van der Waals surface area contributed by atoms with Gasteiger partial charge in [-0.05, 0) is 24.5 Å². The number of hydrogen-bond donors (Lipinski definition) is 2. The third-order valence-corrected chi connectivity index (χ3v) is 4.17. The Kier molecular flexibility index (Phi) is 3.08. The van der Waals surface area contributed by atoms with Crippen LogP contribution in [0.25, 0.3) is 0 Å². The average Bonchev–Trinajstić information content (AvgIpc) is 2.79. The van der Waals surface area contributed by atoms with E-state index in [1.807, 2.05) is 30.5 Å². The van der Waals surface area contributed by atoms with E-state index in [1.54, 1.807) is 0 Å². The van der Waals surface area contributed by atoms with Gasteiger partial charge in [0.2, 0.25) is 5.91 Å². The quantitative estimate of drug-likeness (QED) is 0.902. The number of hydrogen-bond acceptors (Lipinski definition) is 4. The topological polar surface area (TPSA) is 68.0 Å². The van der Waals surface area contributed by atoms with E-state index in [0.717, 1.165) is 17.7 Å². The van der Waals surface area contributed by atoms with E-state index in [4.69, 9.17) is 5.73 Å². The van der Waals surface area contributed by atoms with Crippen LogP contribution in [0.15, 0.2) is 29.6 Å². The van der Waals surface area contributed by atoms with Crippen LogP contribution in [0.3, 0.4) is 0 Å². The molecule has 0 aliphatic heterocycles. The first-order valence-electron chi connectivity index (χ1n) is 6.25. The number of amides is 1. The second-order valence-electron chi connectivity index (χ2n) is 4.81. The van der Waals surface area contributed by atoms with Crippen molar-refractivity contribution in [3.05, 3.63) is 46.5 Å². The number of nitrogens with one attached hydrogen (secondary N) is 1. The first kappa shape index (κ1) is 12.3. The molecule has 0 bridgehead atoms. The highest BCUT2D eigenvalue weighted by atomic mass is 32.1. The molecule has 2 aromatic rings. The maximum atomic E-state index is 12.2. The summed E-state index contributed by atoms with van der Waals surface area (Å²) in [5, 5.41) is 5.38. The lowest BCUT2D eigenvalue weighted by Gasteiger charge is -2.28. The summed E-state index contributed by atoms with van der Waals surface area (Å²) in [6.45, 7) is 1.88. The van der Waals surface area contributed by atoms with Gasteiger partial charge in [0.05, 0.1) is 11.6 Å². The smallest absolute Gasteiger partial charge is 0.234 e. The Bertz CT molecular complexity index is 621. The van der Waals surface area contributed by atoms with Crippen LogP contribution in [0, 0.1) is 0 Å². The minimum absolute atomic E-state index is 0.0178. The Morgan fingerprint density at radius 1 is 1.53 bits per heavy atom. The van der Waals surface area contributed by atoms with Gasteiger partial charge in [-0.3, -0.25) is 4.79 Å². The second kappa shape index (κ2) is 4.75. The molecular formula is C14H15N3OS. The third kappa shape index (κ3) is 2.27. The van der Waals surface area contributed by atoms with Crippen LogP contribution in [0.1, 0.15) is 35.7 Å². The van der Waals surface area contributed by atoms with Crippen molar-refractivity contribution in [3.63, 3.8) is 0 Å². The number of benzene rings is 1. The zero-order valence-electron chi connectivity index (χ0n) is 10.6. The van der Waals surface area contributed by atoms with Crippen molar-refractivity contribution < 1.29 is 4.79 Å². The summed E-state index contributed by atoms with van der Waals surface area (Å²) in [7, 11) is 0. The fraction of sp³-hybridized carbons (Fsp3) is 0.286. The van der Waals surface area contributed by atoms with Crippen molar-refractivity contribution >= 4 is 22.4 Å². The van der Waals surface area contributed by atoms with Gasteiger partial charge in [-0.1, -0.05) is 24.3 Å². The average molecular weight is 273 g/mol. The van der Waals surface area contributed by atoms with Crippen molar-refractivity contribution in [1.29, 1.82) is 0 Å². The van der Waals surface area contributed by atoms with Crippen LogP contribution in [0.5, 0.6) is 0 Å². The fourth-order valence-corrected chi connectivity index (χ4v) is 3.06. The number of rotatable bonds is 3. The highest BCUT2D eigenvalue weighted by molar-refractivity contribution is 7.13. The third-order valence-electron chi connectivity index (χ3n) is 3.39. The number of fused-ring (bicyclic) bond motifs is 1. The Hall–Kier alpha value is -1.72. The fourth-order valence-electron chi connectivity index (χ4n) is 2.24. The zero-order chi connectivity index (χ0) is 13.4. The molecule has 1 amide bonds. The molecule has 5 heteroatoms. The molecule has 98 valence electrons. The summed E-state index contributed by atoms with van der Waals surface area (Å²) in [5.74, 6) is -0.0249. The second-order valence-corrected chi connectivity index (χ2v) is 5.67. The van der Waals surface area contributed by atoms with Crippen molar-refractivity contribution in [2.75, 3.05) is 5.32 Å². The molecule has 1 aliphatic carbocycles. The summed E-state index contributed by atoms with van der Waals surface area (Å²) in [5.41, 5.74) is 8.95. The van der Waals surface area contributed by atoms with Gasteiger partial charge in [-0.2, -0.15) is 0 Å². The van der Waals surface area contributed by atoms with Gasteiger partial charge in [0.1, 0.15) is 0 Å². The van der Waals surface area contributed by atoms with Crippen LogP contribution in [0.2, 0.25) is 0 Å².